The standard InChI is InChI=1S/C16H17F3O6S/c1-3-5-12-10-11(13(20)7-9-15(21)24-4-2)6-8-14(12)25-26(22,23)16(17,18)19/h3,6,8,10H,1,4-5,7,9H2,2H3. The van der Waals surface area contributed by atoms with E-state index in [1.54, 1.807) is 6.92 Å². The number of carbonyl (C=O) groups is 2. The molecule has 0 atom stereocenters. The second kappa shape index (κ2) is 8.84. The van der Waals surface area contributed by atoms with Gasteiger partial charge in [0.1, 0.15) is 5.75 Å². The van der Waals surface area contributed by atoms with Crippen molar-refractivity contribution < 1.29 is 40.1 Å². The van der Waals surface area contributed by atoms with Crippen LogP contribution in [0.2, 0.25) is 0 Å². The Balaban J connectivity index is 3.03. The minimum atomic E-state index is -5.83. The lowest BCUT2D eigenvalue weighted by Gasteiger charge is -2.13. The molecule has 0 aliphatic heterocycles. The molecule has 0 saturated carbocycles. The molecule has 0 unspecified atom stereocenters. The maximum Gasteiger partial charge on any atom is 0.534 e. The van der Waals surface area contributed by atoms with E-state index in [9.17, 15) is 31.2 Å². The molecular formula is C16H17F3O6S. The van der Waals surface area contributed by atoms with E-state index in [2.05, 4.69) is 10.8 Å². The Morgan fingerprint density at radius 1 is 1.23 bits per heavy atom. The van der Waals surface area contributed by atoms with Crippen LogP contribution in [-0.4, -0.2) is 32.3 Å². The highest BCUT2D eigenvalue weighted by Crippen LogP contribution is 2.30. The number of Topliss-reactive ketones (excluding diaryl/α,β-unsaturated/α-hetero) is 1. The molecule has 0 fully saturated rings. The van der Waals surface area contributed by atoms with Crippen LogP contribution in [0.5, 0.6) is 5.75 Å². The van der Waals surface area contributed by atoms with E-state index in [-0.39, 0.29) is 37.0 Å². The van der Waals surface area contributed by atoms with Gasteiger partial charge in [0.15, 0.2) is 5.78 Å². The summed E-state index contributed by atoms with van der Waals surface area (Å²) < 4.78 is 68.5. The van der Waals surface area contributed by atoms with Crippen molar-refractivity contribution in [2.75, 3.05) is 6.61 Å². The summed E-state index contributed by atoms with van der Waals surface area (Å²) in [5, 5.41) is 0. The van der Waals surface area contributed by atoms with Crippen LogP contribution in [-0.2, 0) is 26.1 Å². The summed E-state index contributed by atoms with van der Waals surface area (Å²) in [4.78, 5) is 23.4. The Bertz CT molecular complexity index is 784. The maximum absolute atomic E-state index is 12.5. The molecule has 0 N–H and O–H groups in total. The molecule has 6 nitrogen and oxygen atoms in total. The lowest BCUT2D eigenvalue weighted by atomic mass is 10.0. The third kappa shape index (κ3) is 5.87. The summed E-state index contributed by atoms with van der Waals surface area (Å²) in [6.07, 6.45) is 0.981. The van der Waals surface area contributed by atoms with E-state index < -0.39 is 33.1 Å². The molecule has 0 aliphatic carbocycles. The first-order valence-corrected chi connectivity index (χ1v) is 8.86. The Kier molecular flexibility index (Phi) is 7.37. The van der Waals surface area contributed by atoms with Crippen molar-refractivity contribution in [3.8, 4) is 5.75 Å². The fourth-order valence-corrected chi connectivity index (χ4v) is 2.40. The number of hydrogen-bond acceptors (Lipinski definition) is 6. The van der Waals surface area contributed by atoms with Gasteiger partial charge in [0.05, 0.1) is 13.0 Å². The molecule has 0 heterocycles. The van der Waals surface area contributed by atoms with Gasteiger partial charge in [-0.1, -0.05) is 6.08 Å². The van der Waals surface area contributed by atoms with Crippen molar-refractivity contribution in [1.29, 1.82) is 0 Å². The van der Waals surface area contributed by atoms with E-state index in [1.807, 2.05) is 0 Å². The van der Waals surface area contributed by atoms with E-state index >= 15 is 0 Å². The molecule has 26 heavy (non-hydrogen) atoms. The first-order chi connectivity index (χ1) is 12.0. The second-order valence-electron chi connectivity index (χ2n) is 5.03. The zero-order chi connectivity index (χ0) is 20.0. The van der Waals surface area contributed by atoms with Crippen molar-refractivity contribution >= 4 is 21.9 Å². The van der Waals surface area contributed by atoms with Crippen LogP contribution in [0.3, 0.4) is 0 Å². The summed E-state index contributed by atoms with van der Waals surface area (Å²) in [7, 11) is -5.83. The molecule has 144 valence electrons. The van der Waals surface area contributed by atoms with Crippen LogP contribution in [0.4, 0.5) is 13.2 Å². The summed E-state index contributed by atoms with van der Waals surface area (Å²) in [5.41, 5.74) is -5.44. The number of ether oxygens (including phenoxy) is 1. The van der Waals surface area contributed by atoms with Gasteiger partial charge < -0.3 is 8.92 Å². The van der Waals surface area contributed by atoms with Crippen molar-refractivity contribution in [3.63, 3.8) is 0 Å². The van der Waals surface area contributed by atoms with Crippen LogP contribution in [0.1, 0.15) is 35.7 Å². The summed E-state index contributed by atoms with van der Waals surface area (Å²) >= 11 is 0. The van der Waals surface area contributed by atoms with Crippen LogP contribution >= 0.6 is 0 Å². The summed E-state index contributed by atoms with van der Waals surface area (Å²) in [6.45, 7) is 5.22. The first-order valence-electron chi connectivity index (χ1n) is 7.45. The summed E-state index contributed by atoms with van der Waals surface area (Å²) in [6, 6.07) is 3.29. The molecule has 0 saturated heterocycles. The molecular weight excluding hydrogens is 377 g/mol. The number of carbonyl (C=O) groups excluding carboxylic acids is 2. The average molecular weight is 394 g/mol. The topological polar surface area (TPSA) is 86.7 Å². The maximum atomic E-state index is 12.5. The molecule has 0 amide bonds. The fraction of sp³-hybridized carbons (Fsp3) is 0.375. The van der Waals surface area contributed by atoms with E-state index in [1.165, 1.54) is 12.1 Å². The van der Waals surface area contributed by atoms with Crippen molar-refractivity contribution in [2.24, 2.45) is 0 Å². The zero-order valence-electron chi connectivity index (χ0n) is 13.8. The number of allylic oxidation sites excluding steroid dienone is 1. The van der Waals surface area contributed by atoms with Crippen LogP contribution < -0.4 is 4.18 Å². The van der Waals surface area contributed by atoms with Gasteiger partial charge in [-0.15, -0.1) is 6.58 Å². The number of hydrogen-bond donors (Lipinski definition) is 0. The quantitative estimate of drug-likeness (QED) is 0.210. The van der Waals surface area contributed by atoms with Crippen LogP contribution in [0, 0.1) is 0 Å². The lowest BCUT2D eigenvalue weighted by Crippen LogP contribution is -2.28. The van der Waals surface area contributed by atoms with Gasteiger partial charge >= 0.3 is 21.6 Å². The van der Waals surface area contributed by atoms with Gasteiger partial charge in [-0.25, -0.2) is 0 Å². The second-order valence-corrected chi connectivity index (χ2v) is 6.56. The van der Waals surface area contributed by atoms with Gasteiger partial charge in [-0.2, -0.15) is 21.6 Å². The Morgan fingerprint density at radius 2 is 1.88 bits per heavy atom. The molecule has 0 aliphatic rings. The minimum absolute atomic E-state index is 0.0261. The van der Waals surface area contributed by atoms with Gasteiger partial charge in [0, 0.05) is 17.5 Å². The van der Waals surface area contributed by atoms with Gasteiger partial charge in [-0.05, 0) is 31.5 Å². The van der Waals surface area contributed by atoms with E-state index in [0.29, 0.717) is 0 Å². The third-order valence-corrected chi connectivity index (χ3v) is 4.06. The number of esters is 1. The Labute approximate surface area is 148 Å². The molecule has 0 spiro atoms. The SMILES string of the molecule is C=CCc1cc(C(=O)CCC(=O)OCC)ccc1OS(=O)(=O)C(F)(F)F. The number of alkyl halides is 3. The lowest BCUT2D eigenvalue weighted by molar-refractivity contribution is -0.143. The number of ketones is 1. The normalized spacial score (nSPS) is 11.7. The molecule has 1 rings (SSSR count). The minimum Gasteiger partial charge on any atom is -0.466 e. The predicted molar refractivity (Wildman–Crippen MR) is 86.1 cm³/mol. The largest absolute Gasteiger partial charge is 0.534 e. The number of rotatable bonds is 9. The van der Waals surface area contributed by atoms with Crippen molar-refractivity contribution in [2.45, 2.75) is 31.7 Å². The van der Waals surface area contributed by atoms with Crippen molar-refractivity contribution in [1.82, 2.24) is 0 Å². The average Bonchev–Trinajstić information content (AvgIpc) is 2.53. The third-order valence-electron chi connectivity index (χ3n) is 3.09. The van der Waals surface area contributed by atoms with Gasteiger partial charge in [-0.3, -0.25) is 9.59 Å². The molecule has 1 aromatic carbocycles. The Hall–Kier alpha value is -2.36. The molecule has 1 aromatic rings. The highest BCUT2D eigenvalue weighted by atomic mass is 32.2. The smallest absolute Gasteiger partial charge is 0.466 e. The van der Waals surface area contributed by atoms with E-state index in [4.69, 9.17) is 4.74 Å². The van der Waals surface area contributed by atoms with Gasteiger partial charge in [0.2, 0.25) is 0 Å². The van der Waals surface area contributed by atoms with Crippen LogP contribution in [0.25, 0.3) is 0 Å². The van der Waals surface area contributed by atoms with E-state index in [0.717, 1.165) is 12.1 Å². The van der Waals surface area contributed by atoms with Crippen molar-refractivity contribution in [3.05, 3.63) is 42.0 Å². The Morgan fingerprint density at radius 3 is 2.42 bits per heavy atom. The zero-order valence-corrected chi connectivity index (χ0v) is 14.7. The number of benzene rings is 1. The summed E-state index contributed by atoms with van der Waals surface area (Å²) in [5.74, 6) is -1.55. The molecule has 0 bridgehead atoms. The van der Waals surface area contributed by atoms with Crippen LogP contribution in [0.15, 0.2) is 30.9 Å². The predicted octanol–water partition coefficient (Wildman–Crippen LogP) is 3.17. The first kappa shape index (κ1) is 21.7. The fourth-order valence-electron chi connectivity index (χ4n) is 1.91. The molecule has 0 radical (unpaired) electrons. The number of halogens is 3. The molecule has 0 aromatic heterocycles. The highest BCUT2D eigenvalue weighted by Gasteiger charge is 2.48. The van der Waals surface area contributed by atoms with Gasteiger partial charge in [0.25, 0.3) is 0 Å². The highest BCUT2D eigenvalue weighted by molar-refractivity contribution is 7.88. The molecule has 10 heteroatoms. The monoisotopic (exact) mass is 394 g/mol.